The Balaban J connectivity index is 1.83. The van der Waals surface area contributed by atoms with Gasteiger partial charge in [0.05, 0.1) is 7.11 Å². The summed E-state index contributed by atoms with van der Waals surface area (Å²) in [5.41, 5.74) is 3.85. The Kier molecular flexibility index (Phi) is 5.54. The van der Waals surface area contributed by atoms with E-state index in [0.29, 0.717) is 32.7 Å². The van der Waals surface area contributed by atoms with Crippen molar-refractivity contribution in [1.82, 2.24) is 14.4 Å². The summed E-state index contributed by atoms with van der Waals surface area (Å²) in [5.74, 6) is 0.907. The predicted octanol–water partition coefficient (Wildman–Crippen LogP) is 2.47. The van der Waals surface area contributed by atoms with Crippen molar-refractivity contribution < 1.29 is 14.3 Å². The van der Waals surface area contributed by atoms with Crippen molar-refractivity contribution in [2.24, 2.45) is 0 Å². The zero-order valence-corrected chi connectivity index (χ0v) is 16.5. The molecule has 0 unspecified atom stereocenters. The summed E-state index contributed by atoms with van der Waals surface area (Å²) in [4.78, 5) is 28.4. The Morgan fingerprint density at radius 3 is 2.33 bits per heavy atom. The summed E-state index contributed by atoms with van der Waals surface area (Å²) < 4.78 is 7.39. The zero-order chi connectivity index (χ0) is 19.6. The molecule has 0 radical (unpaired) electrons. The average Bonchev–Trinajstić information content (AvgIpc) is 2.94. The molecule has 144 valence electrons. The van der Waals surface area contributed by atoms with E-state index in [9.17, 15) is 9.59 Å². The lowest BCUT2D eigenvalue weighted by Crippen LogP contribution is -2.50. The number of piperazine rings is 1. The van der Waals surface area contributed by atoms with Gasteiger partial charge in [0.2, 0.25) is 5.91 Å². The minimum Gasteiger partial charge on any atom is -0.497 e. The number of aryl methyl sites for hydroxylation is 2. The zero-order valence-electron chi connectivity index (χ0n) is 16.5. The van der Waals surface area contributed by atoms with Crippen LogP contribution in [0.5, 0.6) is 5.75 Å². The number of ether oxygens (including phenoxy) is 1. The van der Waals surface area contributed by atoms with Crippen molar-refractivity contribution in [2.75, 3.05) is 33.3 Å². The van der Waals surface area contributed by atoms with Gasteiger partial charge in [0.15, 0.2) is 0 Å². The highest BCUT2D eigenvalue weighted by Crippen LogP contribution is 2.21. The number of carbonyl (C=O) groups excluding carboxylic acids is 2. The van der Waals surface area contributed by atoms with Gasteiger partial charge >= 0.3 is 0 Å². The number of hydrogen-bond acceptors (Lipinski definition) is 3. The maximum Gasteiger partial charge on any atom is 0.270 e. The molecule has 3 rings (SSSR count). The normalized spacial score (nSPS) is 14.4. The number of nitrogens with zero attached hydrogens (tertiary/aromatic N) is 3. The van der Waals surface area contributed by atoms with E-state index in [1.54, 1.807) is 18.9 Å². The van der Waals surface area contributed by atoms with E-state index in [1.807, 2.05) is 43.0 Å². The SMILES string of the molecule is COc1cccc(Cn2c(C)cc(C)c2C(=O)N2CCN(C(C)=O)CC2)c1. The first kappa shape index (κ1) is 19.0. The van der Waals surface area contributed by atoms with Crippen LogP contribution in [0.15, 0.2) is 30.3 Å². The second kappa shape index (κ2) is 7.86. The fourth-order valence-corrected chi connectivity index (χ4v) is 3.66. The van der Waals surface area contributed by atoms with Crippen LogP contribution in [0.4, 0.5) is 0 Å². The number of benzene rings is 1. The summed E-state index contributed by atoms with van der Waals surface area (Å²) in [6.07, 6.45) is 0. The average molecular weight is 369 g/mol. The lowest BCUT2D eigenvalue weighted by molar-refractivity contribution is -0.130. The van der Waals surface area contributed by atoms with Gasteiger partial charge in [0.25, 0.3) is 5.91 Å². The molecule has 6 heteroatoms. The Bertz CT molecular complexity index is 848. The van der Waals surface area contributed by atoms with E-state index in [2.05, 4.69) is 10.6 Å². The molecule has 2 amide bonds. The molecule has 27 heavy (non-hydrogen) atoms. The van der Waals surface area contributed by atoms with Crippen LogP contribution in [-0.2, 0) is 11.3 Å². The van der Waals surface area contributed by atoms with Gasteiger partial charge in [-0.25, -0.2) is 0 Å². The van der Waals surface area contributed by atoms with Crippen molar-refractivity contribution in [3.05, 3.63) is 52.8 Å². The van der Waals surface area contributed by atoms with Crippen molar-refractivity contribution in [3.8, 4) is 5.75 Å². The molecule has 1 aliphatic heterocycles. The minimum absolute atomic E-state index is 0.0340. The first-order chi connectivity index (χ1) is 12.9. The van der Waals surface area contributed by atoms with E-state index in [0.717, 1.165) is 28.3 Å². The first-order valence-corrected chi connectivity index (χ1v) is 9.25. The Morgan fingerprint density at radius 2 is 1.70 bits per heavy atom. The molecule has 6 nitrogen and oxygen atoms in total. The van der Waals surface area contributed by atoms with E-state index >= 15 is 0 Å². The van der Waals surface area contributed by atoms with Crippen molar-refractivity contribution >= 4 is 11.8 Å². The Hall–Kier alpha value is -2.76. The molecule has 0 atom stereocenters. The standard InChI is InChI=1S/C21H27N3O3/c1-15-12-16(2)24(14-18-6-5-7-19(13-18)27-4)20(15)21(26)23-10-8-22(9-11-23)17(3)25/h5-7,12-13H,8-11,14H2,1-4H3. The lowest BCUT2D eigenvalue weighted by Gasteiger charge is -2.34. The fraction of sp³-hybridized carbons (Fsp3) is 0.429. The number of methoxy groups -OCH3 is 1. The number of rotatable bonds is 4. The molecular formula is C21H27N3O3. The van der Waals surface area contributed by atoms with Gasteiger partial charge in [0, 0.05) is 45.3 Å². The number of hydrogen-bond donors (Lipinski definition) is 0. The largest absolute Gasteiger partial charge is 0.497 e. The molecule has 0 saturated carbocycles. The second-order valence-electron chi connectivity index (χ2n) is 7.05. The van der Waals surface area contributed by atoms with Crippen LogP contribution in [0.1, 0.15) is 34.2 Å². The number of carbonyl (C=O) groups is 2. The highest BCUT2D eigenvalue weighted by molar-refractivity contribution is 5.94. The van der Waals surface area contributed by atoms with Crippen LogP contribution in [0.2, 0.25) is 0 Å². The van der Waals surface area contributed by atoms with E-state index in [1.165, 1.54) is 0 Å². The highest BCUT2D eigenvalue weighted by Gasteiger charge is 2.27. The van der Waals surface area contributed by atoms with E-state index < -0.39 is 0 Å². The number of aromatic nitrogens is 1. The molecule has 2 aromatic rings. The summed E-state index contributed by atoms with van der Waals surface area (Å²) in [6.45, 7) is 8.52. The topological polar surface area (TPSA) is 54.8 Å². The number of amides is 2. The smallest absolute Gasteiger partial charge is 0.270 e. The molecule has 1 aromatic carbocycles. The Morgan fingerprint density at radius 1 is 1.04 bits per heavy atom. The molecule has 0 bridgehead atoms. The third-order valence-corrected chi connectivity index (χ3v) is 5.18. The predicted molar refractivity (Wildman–Crippen MR) is 104 cm³/mol. The lowest BCUT2D eigenvalue weighted by atomic mass is 10.2. The minimum atomic E-state index is 0.0340. The van der Waals surface area contributed by atoms with Crippen molar-refractivity contribution in [2.45, 2.75) is 27.3 Å². The summed E-state index contributed by atoms with van der Waals surface area (Å²) in [7, 11) is 1.65. The van der Waals surface area contributed by atoms with Crippen LogP contribution in [0, 0.1) is 13.8 Å². The Labute approximate surface area is 160 Å². The monoisotopic (exact) mass is 369 g/mol. The van der Waals surface area contributed by atoms with Crippen LogP contribution < -0.4 is 4.74 Å². The summed E-state index contributed by atoms with van der Waals surface area (Å²) >= 11 is 0. The van der Waals surface area contributed by atoms with Gasteiger partial charge < -0.3 is 19.1 Å². The highest BCUT2D eigenvalue weighted by atomic mass is 16.5. The maximum atomic E-state index is 13.2. The van der Waals surface area contributed by atoms with Crippen molar-refractivity contribution in [3.63, 3.8) is 0 Å². The third kappa shape index (κ3) is 3.99. The molecule has 1 saturated heterocycles. The van der Waals surface area contributed by atoms with Crippen molar-refractivity contribution in [1.29, 1.82) is 0 Å². The fourth-order valence-electron chi connectivity index (χ4n) is 3.66. The molecular weight excluding hydrogens is 342 g/mol. The van der Waals surface area contributed by atoms with Crippen LogP contribution in [-0.4, -0.2) is 59.5 Å². The molecule has 0 spiro atoms. The molecule has 1 aromatic heterocycles. The second-order valence-corrected chi connectivity index (χ2v) is 7.05. The third-order valence-electron chi connectivity index (χ3n) is 5.18. The van der Waals surface area contributed by atoms with Gasteiger partial charge in [-0.3, -0.25) is 9.59 Å². The molecule has 2 heterocycles. The van der Waals surface area contributed by atoms with E-state index in [-0.39, 0.29) is 11.8 Å². The van der Waals surface area contributed by atoms with Gasteiger partial charge in [0.1, 0.15) is 11.4 Å². The molecule has 1 aliphatic rings. The van der Waals surface area contributed by atoms with Gasteiger partial charge in [-0.1, -0.05) is 12.1 Å². The molecule has 0 N–H and O–H groups in total. The van der Waals surface area contributed by atoms with Crippen LogP contribution in [0.3, 0.4) is 0 Å². The summed E-state index contributed by atoms with van der Waals surface area (Å²) in [6, 6.07) is 9.96. The van der Waals surface area contributed by atoms with Gasteiger partial charge in [-0.15, -0.1) is 0 Å². The van der Waals surface area contributed by atoms with Crippen LogP contribution in [0.25, 0.3) is 0 Å². The van der Waals surface area contributed by atoms with Gasteiger partial charge in [-0.05, 0) is 43.2 Å². The van der Waals surface area contributed by atoms with E-state index in [4.69, 9.17) is 4.74 Å². The quantitative estimate of drug-likeness (QED) is 0.832. The maximum absolute atomic E-state index is 13.2. The van der Waals surface area contributed by atoms with Gasteiger partial charge in [-0.2, -0.15) is 0 Å². The van der Waals surface area contributed by atoms with Crippen LogP contribution >= 0.6 is 0 Å². The molecule has 1 fully saturated rings. The summed E-state index contributed by atoms with van der Waals surface area (Å²) in [5, 5.41) is 0. The first-order valence-electron chi connectivity index (χ1n) is 9.25. The molecule has 0 aliphatic carbocycles.